The zero-order valence-electron chi connectivity index (χ0n) is 24.7. The van der Waals surface area contributed by atoms with E-state index in [2.05, 4.69) is 23.2 Å². The Morgan fingerprint density at radius 1 is 1.00 bits per heavy atom. The Hall–Kier alpha value is -4.75. The lowest BCUT2D eigenvalue weighted by Crippen LogP contribution is -2.47. The van der Waals surface area contributed by atoms with Gasteiger partial charge in [-0.3, -0.25) is 23.5 Å². The number of aryl methyl sites for hydroxylation is 1. The summed E-state index contributed by atoms with van der Waals surface area (Å²) >= 11 is 0. The number of hydrogen-bond acceptors (Lipinski definition) is 7. The second kappa shape index (κ2) is 12.2. The summed E-state index contributed by atoms with van der Waals surface area (Å²) in [6.45, 7) is 5.00. The van der Waals surface area contributed by atoms with Crippen LogP contribution >= 0.6 is 0 Å². The summed E-state index contributed by atoms with van der Waals surface area (Å²) < 4.78 is 4.59. The molecule has 1 aliphatic rings. The first kappa shape index (κ1) is 28.4. The number of benzene rings is 2. The SMILES string of the molecule is CCCCN[C@@H]1CCCN(c2nc3c(c(=O)n(Cc4ccc5ccccc5n4)c(=O)n3C)n2Cc2ccccc2C#N)C1. The van der Waals surface area contributed by atoms with Crippen LogP contribution in [0, 0.1) is 11.3 Å². The van der Waals surface area contributed by atoms with Gasteiger partial charge in [0, 0.05) is 31.6 Å². The van der Waals surface area contributed by atoms with Gasteiger partial charge in [-0.15, -0.1) is 0 Å². The summed E-state index contributed by atoms with van der Waals surface area (Å²) in [6, 6.07) is 21.6. The number of nitrogens with zero attached hydrogens (tertiary/aromatic N) is 7. The van der Waals surface area contributed by atoms with E-state index in [1.54, 1.807) is 13.1 Å². The molecular formula is C33H36N8O2. The topological polar surface area (TPSA) is 114 Å². The van der Waals surface area contributed by atoms with Crippen molar-refractivity contribution in [2.45, 2.75) is 51.7 Å². The average Bonchev–Trinajstić information content (AvgIpc) is 3.42. The Labute approximate surface area is 249 Å². The normalized spacial score (nSPS) is 15.3. The van der Waals surface area contributed by atoms with Gasteiger partial charge in [0.1, 0.15) is 0 Å². The lowest BCUT2D eigenvalue weighted by molar-refractivity contribution is 0.414. The maximum Gasteiger partial charge on any atom is 0.332 e. The van der Waals surface area contributed by atoms with Crippen molar-refractivity contribution in [3.05, 3.63) is 98.3 Å². The van der Waals surface area contributed by atoms with Crippen LogP contribution in [0.3, 0.4) is 0 Å². The summed E-state index contributed by atoms with van der Waals surface area (Å²) in [6.07, 6.45) is 4.31. The number of unbranched alkanes of at least 4 members (excludes halogenated alkanes) is 1. The van der Waals surface area contributed by atoms with Crippen LogP contribution in [-0.2, 0) is 20.1 Å². The van der Waals surface area contributed by atoms with Crippen LogP contribution in [0.25, 0.3) is 22.1 Å². The highest BCUT2D eigenvalue weighted by molar-refractivity contribution is 5.78. The van der Waals surface area contributed by atoms with Crippen LogP contribution < -0.4 is 21.5 Å². The van der Waals surface area contributed by atoms with Crippen LogP contribution in [0.2, 0.25) is 0 Å². The van der Waals surface area contributed by atoms with Crippen molar-refractivity contribution in [2.24, 2.45) is 7.05 Å². The monoisotopic (exact) mass is 576 g/mol. The van der Waals surface area contributed by atoms with Crippen molar-refractivity contribution in [1.29, 1.82) is 5.26 Å². The number of aromatic nitrogens is 5. The molecule has 43 heavy (non-hydrogen) atoms. The molecule has 1 aliphatic heterocycles. The van der Waals surface area contributed by atoms with Gasteiger partial charge in [0.05, 0.1) is 35.9 Å². The van der Waals surface area contributed by atoms with Crippen molar-refractivity contribution >= 4 is 28.0 Å². The van der Waals surface area contributed by atoms with Crippen LogP contribution in [0.1, 0.15) is 49.4 Å². The number of hydrogen-bond donors (Lipinski definition) is 1. The standard InChI is InChI=1S/C33H36N8O2/c1-3-4-17-35-26-13-9-18-39(21-26)32-37-30-29(40(32)20-25-12-6-5-11-24(25)19-34)31(42)41(33(43)38(30)2)22-27-16-15-23-10-7-8-14-28(23)36-27/h5-8,10-12,14-16,26,35H,3-4,9,13,17-18,20-22H2,1-2H3/t26-/m1/s1. The van der Waals surface area contributed by atoms with E-state index in [1.807, 2.05) is 59.2 Å². The molecule has 10 nitrogen and oxygen atoms in total. The highest BCUT2D eigenvalue weighted by atomic mass is 16.2. The molecule has 1 N–H and O–H groups in total. The highest BCUT2D eigenvalue weighted by Crippen LogP contribution is 2.25. The number of fused-ring (bicyclic) bond motifs is 2. The number of nitrogens with one attached hydrogen (secondary N) is 1. The maximum atomic E-state index is 14.2. The van der Waals surface area contributed by atoms with E-state index >= 15 is 0 Å². The zero-order chi connectivity index (χ0) is 29.9. The Balaban J connectivity index is 1.48. The zero-order valence-corrected chi connectivity index (χ0v) is 24.7. The quantitative estimate of drug-likeness (QED) is 0.266. The fourth-order valence-corrected chi connectivity index (χ4v) is 5.99. The molecule has 220 valence electrons. The first-order valence-electron chi connectivity index (χ1n) is 15.0. The second-order valence-corrected chi connectivity index (χ2v) is 11.3. The molecule has 4 heterocycles. The van der Waals surface area contributed by atoms with E-state index in [9.17, 15) is 14.9 Å². The largest absolute Gasteiger partial charge is 0.341 e. The Bertz CT molecular complexity index is 1950. The molecular weight excluding hydrogens is 540 g/mol. The Morgan fingerprint density at radius 3 is 2.65 bits per heavy atom. The lowest BCUT2D eigenvalue weighted by atomic mass is 10.1. The summed E-state index contributed by atoms with van der Waals surface area (Å²) in [5, 5.41) is 14.5. The van der Waals surface area contributed by atoms with Crippen molar-refractivity contribution in [2.75, 3.05) is 24.5 Å². The van der Waals surface area contributed by atoms with Crippen LogP contribution in [0.5, 0.6) is 0 Å². The van der Waals surface area contributed by atoms with Gasteiger partial charge >= 0.3 is 5.69 Å². The van der Waals surface area contributed by atoms with Crippen molar-refractivity contribution < 1.29 is 0 Å². The van der Waals surface area contributed by atoms with Gasteiger partial charge in [-0.1, -0.05) is 55.8 Å². The molecule has 1 saturated heterocycles. The van der Waals surface area contributed by atoms with Crippen molar-refractivity contribution in [1.82, 2.24) is 29.0 Å². The lowest BCUT2D eigenvalue weighted by Gasteiger charge is -2.34. The predicted octanol–water partition coefficient (Wildman–Crippen LogP) is 3.77. The van der Waals surface area contributed by atoms with Gasteiger partial charge in [-0.2, -0.15) is 10.2 Å². The van der Waals surface area contributed by atoms with Gasteiger partial charge in [-0.05, 0) is 49.6 Å². The number of anilines is 1. The minimum absolute atomic E-state index is 0.0364. The van der Waals surface area contributed by atoms with Crippen molar-refractivity contribution in [3.63, 3.8) is 0 Å². The average molecular weight is 577 g/mol. The molecule has 0 unspecified atom stereocenters. The highest BCUT2D eigenvalue weighted by Gasteiger charge is 2.28. The maximum absolute atomic E-state index is 14.2. The summed E-state index contributed by atoms with van der Waals surface area (Å²) in [4.78, 5) is 39.7. The fourth-order valence-electron chi connectivity index (χ4n) is 5.99. The third-order valence-electron chi connectivity index (χ3n) is 8.32. The number of nitriles is 1. The fraction of sp³-hybridized carbons (Fsp3) is 0.364. The smallest absolute Gasteiger partial charge is 0.332 e. The molecule has 1 fully saturated rings. The van der Waals surface area contributed by atoms with Gasteiger partial charge in [0.25, 0.3) is 5.56 Å². The van der Waals surface area contributed by atoms with Gasteiger partial charge < -0.3 is 10.2 Å². The molecule has 0 bridgehead atoms. The molecule has 10 heteroatoms. The van der Waals surface area contributed by atoms with Gasteiger partial charge in [0.2, 0.25) is 5.95 Å². The number of para-hydroxylation sites is 1. The van der Waals surface area contributed by atoms with E-state index in [0.717, 1.165) is 61.8 Å². The summed E-state index contributed by atoms with van der Waals surface area (Å²) in [5.41, 5.74) is 2.56. The predicted molar refractivity (Wildman–Crippen MR) is 168 cm³/mol. The summed E-state index contributed by atoms with van der Waals surface area (Å²) in [5.74, 6) is 0.637. The molecule has 0 saturated carbocycles. The first-order valence-corrected chi connectivity index (χ1v) is 15.0. The molecule has 6 rings (SSSR count). The van der Waals surface area contributed by atoms with Gasteiger partial charge in [0.15, 0.2) is 11.2 Å². The number of rotatable bonds is 9. The molecule has 0 amide bonds. The molecule has 0 radical (unpaired) electrons. The van der Waals surface area contributed by atoms with E-state index in [1.165, 1.54) is 9.13 Å². The minimum Gasteiger partial charge on any atom is -0.341 e. The minimum atomic E-state index is -0.446. The molecule has 3 aromatic heterocycles. The third-order valence-corrected chi connectivity index (χ3v) is 8.32. The number of piperidine rings is 1. The molecule has 0 aliphatic carbocycles. The third kappa shape index (κ3) is 5.56. The van der Waals surface area contributed by atoms with E-state index in [4.69, 9.17) is 9.97 Å². The first-order chi connectivity index (χ1) is 21.0. The van der Waals surface area contributed by atoms with Crippen LogP contribution in [-0.4, -0.2) is 49.3 Å². The van der Waals surface area contributed by atoms with E-state index in [-0.39, 0.29) is 13.1 Å². The second-order valence-electron chi connectivity index (χ2n) is 11.3. The van der Waals surface area contributed by atoms with Crippen LogP contribution in [0.15, 0.2) is 70.3 Å². The Morgan fingerprint density at radius 2 is 1.81 bits per heavy atom. The van der Waals surface area contributed by atoms with E-state index < -0.39 is 11.2 Å². The van der Waals surface area contributed by atoms with E-state index in [0.29, 0.717) is 34.4 Å². The molecule has 2 aromatic carbocycles. The van der Waals surface area contributed by atoms with Gasteiger partial charge in [-0.25, -0.2) is 4.79 Å². The summed E-state index contributed by atoms with van der Waals surface area (Å²) in [7, 11) is 1.66. The van der Waals surface area contributed by atoms with Crippen LogP contribution in [0.4, 0.5) is 5.95 Å². The molecule has 1 atom stereocenters. The molecule has 0 spiro atoms. The number of pyridine rings is 1. The molecule has 5 aromatic rings. The number of imidazole rings is 1. The Kier molecular flexibility index (Phi) is 8.07. The van der Waals surface area contributed by atoms with Crippen molar-refractivity contribution in [3.8, 4) is 6.07 Å².